The summed E-state index contributed by atoms with van der Waals surface area (Å²) in [5, 5.41) is 2.79. The summed E-state index contributed by atoms with van der Waals surface area (Å²) in [5.41, 5.74) is 3.28. The van der Waals surface area contributed by atoms with Crippen LogP contribution in [-0.2, 0) is 17.8 Å². The number of fused-ring (bicyclic) bond motifs is 2. The van der Waals surface area contributed by atoms with Crippen LogP contribution in [-0.4, -0.2) is 26.9 Å². The lowest BCUT2D eigenvalue weighted by atomic mass is 9.93. The largest absolute Gasteiger partial charge is 0.331 e. The number of aromatic nitrogens is 2. The molecule has 0 radical (unpaired) electrons. The Bertz CT molecular complexity index is 1320. The van der Waals surface area contributed by atoms with E-state index in [-0.39, 0.29) is 23.9 Å². The number of aryl methyl sites for hydroxylation is 3. The van der Waals surface area contributed by atoms with E-state index in [4.69, 9.17) is 0 Å². The first-order valence-electron chi connectivity index (χ1n) is 10.4. The molecule has 1 aliphatic rings. The predicted octanol–water partition coefficient (Wildman–Crippen LogP) is 4.70. The van der Waals surface area contributed by atoms with E-state index < -0.39 is 0 Å². The molecule has 0 N–H and O–H groups in total. The van der Waals surface area contributed by atoms with Crippen molar-refractivity contribution in [3.05, 3.63) is 84.9 Å². The van der Waals surface area contributed by atoms with Crippen molar-refractivity contribution in [3.63, 3.8) is 0 Å². The van der Waals surface area contributed by atoms with E-state index in [2.05, 4.69) is 28.6 Å². The molecule has 1 aromatic carbocycles. The summed E-state index contributed by atoms with van der Waals surface area (Å²) >= 11 is 3.31. The molecule has 0 saturated carbocycles. The van der Waals surface area contributed by atoms with Crippen LogP contribution in [0.3, 0.4) is 0 Å². The van der Waals surface area contributed by atoms with Gasteiger partial charge in [0.1, 0.15) is 4.83 Å². The third-order valence-corrected chi connectivity index (χ3v) is 8.24. The normalized spacial score (nSPS) is 15.9. The molecule has 1 atom stereocenters. The molecule has 158 valence electrons. The zero-order valence-electron chi connectivity index (χ0n) is 17.5. The van der Waals surface area contributed by atoms with Gasteiger partial charge in [-0.3, -0.25) is 14.2 Å². The maximum atomic E-state index is 13.3. The molecule has 0 bridgehead atoms. The first-order valence-corrected chi connectivity index (χ1v) is 12.1. The first kappa shape index (κ1) is 20.2. The predicted molar refractivity (Wildman–Crippen MR) is 126 cm³/mol. The summed E-state index contributed by atoms with van der Waals surface area (Å²) in [7, 11) is 0. The van der Waals surface area contributed by atoms with Gasteiger partial charge < -0.3 is 4.90 Å². The SMILES string of the molecule is Cc1sc2ncn(CCC(=O)N3CCc4sccc4[C@H]3c3ccccc3)c(=O)c2c1C. The Labute approximate surface area is 188 Å². The summed E-state index contributed by atoms with van der Waals surface area (Å²) < 4.78 is 1.58. The Kier molecular flexibility index (Phi) is 5.24. The fraction of sp³-hybridized carbons (Fsp3) is 0.292. The molecule has 0 unspecified atom stereocenters. The number of amides is 1. The Hall–Kier alpha value is -2.77. The summed E-state index contributed by atoms with van der Waals surface area (Å²) in [4.78, 5) is 36.0. The van der Waals surface area contributed by atoms with Gasteiger partial charge in [0.2, 0.25) is 5.91 Å². The summed E-state index contributed by atoms with van der Waals surface area (Å²) in [5.74, 6) is 0.0657. The molecule has 7 heteroatoms. The highest BCUT2D eigenvalue weighted by Crippen LogP contribution is 2.38. The molecule has 3 aromatic heterocycles. The molecule has 31 heavy (non-hydrogen) atoms. The van der Waals surface area contributed by atoms with Gasteiger partial charge in [-0.2, -0.15) is 0 Å². The topological polar surface area (TPSA) is 55.2 Å². The second kappa shape index (κ2) is 8.05. The van der Waals surface area contributed by atoms with Gasteiger partial charge in [-0.05, 0) is 48.4 Å². The molecular formula is C24H23N3O2S2. The van der Waals surface area contributed by atoms with Gasteiger partial charge in [0.05, 0.1) is 17.8 Å². The molecule has 4 heterocycles. The standard InChI is InChI=1S/C24H23N3O2S2/c1-15-16(2)31-23-21(15)24(29)26(14-25-23)11-9-20(28)27-12-8-19-18(10-13-30-19)22(27)17-6-4-3-5-7-17/h3-7,10,13-14,22H,8-9,11-12H2,1-2H3/t22-/m1/s1. The van der Waals surface area contributed by atoms with E-state index in [1.807, 2.05) is 36.9 Å². The maximum Gasteiger partial charge on any atom is 0.262 e. The average molecular weight is 450 g/mol. The number of hydrogen-bond donors (Lipinski definition) is 0. The highest BCUT2D eigenvalue weighted by atomic mass is 32.1. The second-order valence-corrected chi connectivity index (χ2v) is 10.1. The molecule has 0 aliphatic carbocycles. The van der Waals surface area contributed by atoms with Crippen molar-refractivity contribution in [2.75, 3.05) is 6.54 Å². The molecule has 0 saturated heterocycles. The van der Waals surface area contributed by atoms with Gasteiger partial charge in [0.15, 0.2) is 0 Å². The Morgan fingerprint density at radius 3 is 2.81 bits per heavy atom. The van der Waals surface area contributed by atoms with Gasteiger partial charge in [-0.25, -0.2) is 4.98 Å². The minimum atomic E-state index is -0.0669. The van der Waals surface area contributed by atoms with Crippen molar-refractivity contribution in [2.24, 2.45) is 0 Å². The molecule has 1 aliphatic heterocycles. The molecule has 4 aromatic rings. The van der Waals surface area contributed by atoms with Crippen molar-refractivity contribution in [1.82, 2.24) is 14.5 Å². The summed E-state index contributed by atoms with van der Waals surface area (Å²) in [6.07, 6.45) is 2.73. The Morgan fingerprint density at radius 2 is 2.00 bits per heavy atom. The van der Waals surface area contributed by atoms with Crippen LogP contribution < -0.4 is 5.56 Å². The number of carbonyl (C=O) groups is 1. The van der Waals surface area contributed by atoms with Crippen molar-refractivity contribution in [2.45, 2.75) is 39.3 Å². The van der Waals surface area contributed by atoms with Crippen molar-refractivity contribution >= 4 is 38.8 Å². The lowest BCUT2D eigenvalue weighted by molar-refractivity contribution is -0.133. The summed E-state index contributed by atoms with van der Waals surface area (Å²) in [6.45, 7) is 5.00. The number of benzene rings is 1. The number of rotatable bonds is 4. The molecule has 5 nitrogen and oxygen atoms in total. The van der Waals surface area contributed by atoms with E-state index in [0.29, 0.717) is 18.5 Å². The minimum absolute atomic E-state index is 0.0574. The van der Waals surface area contributed by atoms with Crippen LogP contribution in [0.5, 0.6) is 0 Å². The fourth-order valence-electron chi connectivity index (χ4n) is 4.37. The molecular weight excluding hydrogens is 426 g/mol. The van der Waals surface area contributed by atoms with Crippen LogP contribution in [0.4, 0.5) is 0 Å². The smallest absolute Gasteiger partial charge is 0.262 e. The number of nitrogens with zero attached hydrogens (tertiary/aromatic N) is 3. The monoisotopic (exact) mass is 449 g/mol. The fourth-order valence-corrected chi connectivity index (χ4v) is 6.26. The Balaban J connectivity index is 1.41. The van der Waals surface area contributed by atoms with Crippen molar-refractivity contribution < 1.29 is 4.79 Å². The highest BCUT2D eigenvalue weighted by molar-refractivity contribution is 7.18. The van der Waals surface area contributed by atoms with Gasteiger partial charge >= 0.3 is 0 Å². The van der Waals surface area contributed by atoms with E-state index in [9.17, 15) is 9.59 Å². The van der Waals surface area contributed by atoms with Crippen LogP contribution in [0.15, 0.2) is 52.9 Å². The molecule has 0 fully saturated rings. The minimum Gasteiger partial charge on any atom is -0.331 e. The van der Waals surface area contributed by atoms with Crippen LogP contribution in [0.2, 0.25) is 0 Å². The molecule has 0 spiro atoms. The molecule has 1 amide bonds. The summed E-state index contributed by atoms with van der Waals surface area (Å²) in [6, 6.07) is 12.3. The van der Waals surface area contributed by atoms with E-state index in [0.717, 1.165) is 27.3 Å². The zero-order valence-corrected chi connectivity index (χ0v) is 19.1. The van der Waals surface area contributed by atoms with Crippen LogP contribution in [0.1, 0.15) is 38.9 Å². The molecule has 5 rings (SSSR count). The Morgan fingerprint density at radius 1 is 1.19 bits per heavy atom. The third-order valence-electron chi connectivity index (χ3n) is 6.12. The van der Waals surface area contributed by atoms with Crippen LogP contribution in [0.25, 0.3) is 10.2 Å². The first-order chi connectivity index (χ1) is 15.0. The quantitative estimate of drug-likeness (QED) is 0.454. The van der Waals surface area contributed by atoms with Gasteiger partial charge in [-0.15, -0.1) is 22.7 Å². The van der Waals surface area contributed by atoms with Crippen LogP contribution >= 0.6 is 22.7 Å². The number of hydrogen-bond acceptors (Lipinski definition) is 5. The van der Waals surface area contributed by atoms with Gasteiger partial charge in [-0.1, -0.05) is 30.3 Å². The highest BCUT2D eigenvalue weighted by Gasteiger charge is 2.32. The lowest BCUT2D eigenvalue weighted by Crippen LogP contribution is -2.40. The van der Waals surface area contributed by atoms with Gasteiger partial charge in [0.25, 0.3) is 5.56 Å². The maximum absolute atomic E-state index is 13.3. The second-order valence-electron chi connectivity index (χ2n) is 7.91. The average Bonchev–Trinajstić information content (AvgIpc) is 3.37. The lowest BCUT2D eigenvalue weighted by Gasteiger charge is -2.36. The van der Waals surface area contributed by atoms with E-state index >= 15 is 0 Å². The zero-order chi connectivity index (χ0) is 21.5. The van der Waals surface area contributed by atoms with Gasteiger partial charge in [0, 0.05) is 29.3 Å². The van der Waals surface area contributed by atoms with E-state index in [1.165, 1.54) is 10.4 Å². The number of thiophene rings is 2. The third kappa shape index (κ3) is 3.51. The van der Waals surface area contributed by atoms with E-state index in [1.54, 1.807) is 33.6 Å². The van der Waals surface area contributed by atoms with Crippen molar-refractivity contribution in [1.29, 1.82) is 0 Å². The van der Waals surface area contributed by atoms with Crippen molar-refractivity contribution in [3.8, 4) is 0 Å². The van der Waals surface area contributed by atoms with Crippen LogP contribution in [0, 0.1) is 13.8 Å². The number of carbonyl (C=O) groups excluding carboxylic acids is 1.